The lowest BCUT2D eigenvalue weighted by Crippen LogP contribution is -2.12. The second-order valence-electron chi connectivity index (χ2n) is 5.21. The first kappa shape index (κ1) is 17.4. The van der Waals surface area contributed by atoms with Gasteiger partial charge in [-0.25, -0.2) is 9.97 Å². The van der Waals surface area contributed by atoms with Gasteiger partial charge in [0.1, 0.15) is 17.9 Å². The first-order valence-corrected chi connectivity index (χ1v) is 8.39. The van der Waals surface area contributed by atoms with Crippen LogP contribution in [0.3, 0.4) is 0 Å². The highest BCUT2D eigenvalue weighted by Gasteiger charge is 2.03. The van der Waals surface area contributed by atoms with Crippen molar-refractivity contribution in [3.63, 3.8) is 0 Å². The van der Waals surface area contributed by atoms with Crippen LogP contribution in [-0.2, 0) is 4.79 Å². The highest BCUT2D eigenvalue weighted by molar-refractivity contribution is 9.10. The molecule has 1 aromatic heterocycles. The van der Waals surface area contributed by atoms with Crippen LogP contribution in [0.4, 0.5) is 5.82 Å². The number of aryl methyl sites for hydroxylation is 1. The van der Waals surface area contributed by atoms with Crippen LogP contribution in [0.25, 0.3) is 0 Å². The molecule has 0 bridgehead atoms. The van der Waals surface area contributed by atoms with Gasteiger partial charge in [0.25, 0.3) is 0 Å². The van der Waals surface area contributed by atoms with Gasteiger partial charge in [0.2, 0.25) is 5.91 Å². The molecule has 2 aromatic rings. The molecule has 1 amide bonds. The number of hydrogen-bond acceptors (Lipinski definition) is 4. The molecule has 0 aliphatic rings. The fourth-order valence-electron chi connectivity index (χ4n) is 2.04. The van der Waals surface area contributed by atoms with Gasteiger partial charge in [-0.3, -0.25) is 4.79 Å². The van der Waals surface area contributed by atoms with Gasteiger partial charge in [-0.15, -0.1) is 0 Å². The van der Waals surface area contributed by atoms with E-state index in [1.165, 1.54) is 6.33 Å². The average Bonchev–Trinajstić information content (AvgIpc) is 2.51. The number of nitrogens with one attached hydrogen (secondary N) is 1. The molecule has 0 radical (unpaired) electrons. The van der Waals surface area contributed by atoms with E-state index in [1.54, 1.807) is 6.07 Å². The molecule has 0 saturated carbocycles. The highest BCUT2D eigenvalue weighted by Crippen LogP contribution is 2.18. The Bertz CT molecular complexity index is 649. The molecule has 0 fully saturated rings. The number of hydrogen-bond donors (Lipinski definition) is 1. The van der Waals surface area contributed by atoms with Crippen molar-refractivity contribution in [2.24, 2.45) is 0 Å². The first-order valence-electron chi connectivity index (χ1n) is 7.60. The third-order valence-corrected chi connectivity index (χ3v) is 3.68. The van der Waals surface area contributed by atoms with Crippen LogP contribution in [0.1, 0.15) is 31.4 Å². The Kier molecular flexibility index (Phi) is 7.00. The maximum absolute atomic E-state index is 11.8. The van der Waals surface area contributed by atoms with Crippen molar-refractivity contribution in [1.82, 2.24) is 9.97 Å². The smallest absolute Gasteiger partial charge is 0.225 e. The van der Waals surface area contributed by atoms with Gasteiger partial charge >= 0.3 is 0 Å². The molecule has 0 unspecified atom stereocenters. The topological polar surface area (TPSA) is 64.1 Å². The highest BCUT2D eigenvalue weighted by atomic mass is 79.9. The van der Waals surface area contributed by atoms with E-state index >= 15 is 0 Å². The Labute approximate surface area is 144 Å². The van der Waals surface area contributed by atoms with Crippen LogP contribution >= 0.6 is 15.9 Å². The van der Waals surface area contributed by atoms with Gasteiger partial charge in [-0.05, 0) is 44.4 Å². The summed E-state index contributed by atoms with van der Waals surface area (Å²) in [7, 11) is 0. The first-order chi connectivity index (χ1) is 11.1. The van der Waals surface area contributed by atoms with E-state index in [-0.39, 0.29) is 5.91 Å². The number of unbranched alkanes of at least 4 members (excludes halogenated alkanes) is 2. The summed E-state index contributed by atoms with van der Waals surface area (Å²) in [5.74, 6) is 1.40. The lowest BCUT2D eigenvalue weighted by molar-refractivity contribution is -0.116. The zero-order valence-electron chi connectivity index (χ0n) is 13.1. The van der Waals surface area contributed by atoms with E-state index in [4.69, 9.17) is 4.74 Å². The Morgan fingerprint density at radius 3 is 2.87 bits per heavy atom. The molecule has 1 heterocycles. The van der Waals surface area contributed by atoms with E-state index in [0.717, 1.165) is 35.2 Å². The van der Waals surface area contributed by atoms with Crippen molar-refractivity contribution in [1.29, 1.82) is 0 Å². The molecule has 0 saturated heterocycles. The Morgan fingerprint density at radius 2 is 2.09 bits per heavy atom. The third kappa shape index (κ3) is 6.78. The number of carbonyl (C=O) groups excluding carboxylic acids is 1. The number of rotatable bonds is 8. The van der Waals surface area contributed by atoms with Crippen LogP contribution in [0.15, 0.2) is 41.1 Å². The van der Waals surface area contributed by atoms with Crippen LogP contribution < -0.4 is 10.1 Å². The predicted molar refractivity (Wildman–Crippen MR) is 93.5 cm³/mol. The van der Waals surface area contributed by atoms with Crippen molar-refractivity contribution >= 4 is 27.7 Å². The number of halogens is 1. The van der Waals surface area contributed by atoms with Crippen LogP contribution in [0.2, 0.25) is 0 Å². The summed E-state index contributed by atoms with van der Waals surface area (Å²) in [5, 5.41) is 2.78. The van der Waals surface area contributed by atoms with Gasteiger partial charge < -0.3 is 10.1 Å². The van der Waals surface area contributed by atoms with Crippen molar-refractivity contribution < 1.29 is 9.53 Å². The summed E-state index contributed by atoms with van der Waals surface area (Å²) in [6.07, 6.45) is 4.64. The summed E-state index contributed by atoms with van der Waals surface area (Å²) in [6.45, 7) is 2.52. The van der Waals surface area contributed by atoms with Crippen molar-refractivity contribution in [3.8, 4) is 5.75 Å². The Morgan fingerprint density at radius 1 is 1.22 bits per heavy atom. The monoisotopic (exact) mass is 377 g/mol. The number of anilines is 1. The minimum Gasteiger partial charge on any atom is -0.494 e. The zero-order chi connectivity index (χ0) is 16.5. The van der Waals surface area contributed by atoms with Gasteiger partial charge in [0.15, 0.2) is 0 Å². The van der Waals surface area contributed by atoms with Gasteiger partial charge in [0.05, 0.1) is 6.61 Å². The van der Waals surface area contributed by atoms with Crippen molar-refractivity contribution in [2.75, 3.05) is 11.9 Å². The molecular weight excluding hydrogens is 358 g/mol. The van der Waals surface area contributed by atoms with E-state index < -0.39 is 0 Å². The minimum absolute atomic E-state index is 0.0176. The number of carbonyl (C=O) groups is 1. The fourth-order valence-corrected chi connectivity index (χ4v) is 2.42. The summed E-state index contributed by atoms with van der Waals surface area (Å²) in [4.78, 5) is 19.8. The molecule has 0 atom stereocenters. The molecule has 122 valence electrons. The lowest BCUT2D eigenvalue weighted by Gasteiger charge is -2.07. The van der Waals surface area contributed by atoms with Crippen LogP contribution in [0.5, 0.6) is 5.75 Å². The predicted octanol–water partition coefficient (Wildman–Crippen LogP) is 4.13. The standard InChI is InChI=1S/C17H20BrN3O2/c1-13-10-16(20-12-19-13)21-17(22)8-3-2-4-9-23-15-7-5-6-14(18)11-15/h5-7,10-12H,2-4,8-9H2,1H3,(H,19,20,21,22). The molecule has 1 aromatic carbocycles. The molecule has 1 N–H and O–H groups in total. The quantitative estimate of drug-likeness (QED) is 0.702. The van der Waals surface area contributed by atoms with Gasteiger partial charge in [0, 0.05) is 22.7 Å². The SMILES string of the molecule is Cc1cc(NC(=O)CCCCCOc2cccc(Br)c2)ncn1. The Hall–Kier alpha value is -1.95. The molecule has 2 rings (SSSR count). The number of amides is 1. The summed E-state index contributed by atoms with van der Waals surface area (Å²) in [6, 6.07) is 9.53. The molecule has 0 spiro atoms. The fraction of sp³-hybridized carbons (Fsp3) is 0.353. The average molecular weight is 378 g/mol. The molecule has 0 aliphatic carbocycles. The largest absolute Gasteiger partial charge is 0.494 e. The van der Waals surface area contributed by atoms with Gasteiger partial charge in [-0.2, -0.15) is 0 Å². The molecule has 6 heteroatoms. The maximum atomic E-state index is 11.8. The van der Waals surface area contributed by atoms with Crippen LogP contribution in [0, 0.1) is 6.92 Å². The lowest BCUT2D eigenvalue weighted by atomic mass is 10.2. The summed E-state index contributed by atoms with van der Waals surface area (Å²) >= 11 is 3.41. The van der Waals surface area contributed by atoms with Crippen molar-refractivity contribution in [2.45, 2.75) is 32.6 Å². The molecule has 0 aliphatic heterocycles. The molecule has 23 heavy (non-hydrogen) atoms. The number of nitrogens with zero attached hydrogens (tertiary/aromatic N) is 2. The second-order valence-corrected chi connectivity index (χ2v) is 6.12. The summed E-state index contributed by atoms with van der Waals surface area (Å²) < 4.78 is 6.66. The molecular formula is C17H20BrN3O2. The number of aromatic nitrogens is 2. The van der Waals surface area contributed by atoms with E-state index in [9.17, 15) is 4.79 Å². The van der Waals surface area contributed by atoms with Gasteiger partial charge in [-0.1, -0.05) is 22.0 Å². The van der Waals surface area contributed by atoms with Crippen molar-refractivity contribution in [3.05, 3.63) is 46.8 Å². The number of benzene rings is 1. The second kappa shape index (κ2) is 9.25. The van der Waals surface area contributed by atoms with Crippen LogP contribution in [-0.4, -0.2) is 22.5 Å². The van der Waals surface area contributed by atoms with E-state index in [0.29, 0.717) is 18.8 Å². The Balaban J connectivity index is 1.57. The molecule has 5 nitrogen and oxygen atoms in total. The summed E-state index contributed by atoms with van der Waals surface area (Å²) in [5.41, 5.74) is 0.833. The van der Waals surface area contributed by atoms with E-state index in [1.807, 2.05) is 31.2 Å². The zero-order valence-corrected chi connectivity index (χ0v) is 14.7. The third-order valence-electron chi connectivity index (χ3n) is 3.18. The minimum atomic E-state index is -0.0176. The number of ether oxygens (including phenoxy) is 1. The van der Waals surface area contributed by atoms with E-state index in [2.05, 4.69) is 31.2 Å². The normalized spacial score (nSPS) is 10.3. The maximum Gasteiger partial charge on any atom is 0.225 e.